The maximum absolute atomic E-state index is 11.3. The normalized spacial score (nSPS) is 11.5. The first-order valence-electron chi connectivity index (χ1n) is 5.01. The van der Waals surface area contributed by atoms with E-state index in [1.807, 2.05) is 0 Å². The van der Waals surface area contributed by atoms with Gasteiger partial charge in [-0.05, 0) is 25.1 Å². The zero-order valence-electron chi connectivity index (χ0n) is 9.93. The number of esters is 2. The van der Waals surface area contributed by atoms with Crippen molar-refractivity contribution in [3.8, 4) is 5.75 Å². The van der Waals surface area contributed by atoms with E-state index in [1.54, 1.807) is 25.1 Å². The highest BCUT2D eigenvalue weighted by Crippen LogP contribution is 2.15. The summed E-state index contributed by atoms with van der Waals surface area (Å²) in [6, 6.07) is 6.39. The minimum atomic E-state index is -0.729. The van der Waals surface area contributed by atoms with E-state index in [1.165, 1.54) is 20.3 Å². The van der Waals surface area contributed by atoms with Crippen molar-refractivity contribution in [2.24, 2.45) is 0 Å². The Hall–Kier alpha value is -2.04. The Morgan fingerprint density at radius 3 is 2.47 bits per heavy atom. The molecular weight excluding hydrogens is 224 g/mol. The molecule has 0 aliphatic heterocycles. The minimum Gasteiger partial charge on any atom is -0.479 e. The van der Waals surface area contributed by atoms with Crippen LogP contribution < -0.4 is 4.74 Å². The van der Waals surface area contributed by atoms with E-state index in [0.717, 1.165) is 0 Å². The van der Waals surface area contributed by atoms with Crippen LogP contribution in [0.4, 0.5) is 0 Å². The number of hydrogen-bond donors (Lipinski definition) is 0. The summed E-state index contributed by atoms with van der Waals surface area (Å²) in [5.74, 6) is -0.527. The molecule has 1 rings (SSSR count). The first-order chi connectivity index (χ1) is 8.08. The average Bonchev–Trinajstić information content (AvgIpc) is 2.37. The van der Waals surface area contributed by atoms with Crippen molar-refractivity contribution in [2.75, 3.05) is 14.2 Å². The summed E-state index contributed by atoms with van der Waals surface area (Å²) < 4.78 is 14.4. The van der Waals surface area contributed by atoms with Gasteiger partial charge in [-0.2, -0.15) is 0 Å². The molecule has 0 spiro atoms. The van der Waals surface area contributed by atoms with Crippen LogP contribution in [-0.4, -0.2) is 32.3 Å². The third-order valence-electron chi connectivity index (χ3n) is 2.10. The Morgan fingerprint density at radius 2 is 1.88 bits per heavy atom. The van der Waals surface area contributed by atoms with Crippen LogP contribution in [0.3, 0.4) is 0 Å². The van der Waals surface area contributed by atoms with E-state index in [0.29, 0.717) is 11.3 Å². The Kier molecular flexibility index (Phi) is 4.51. The molecule has 0 fully saturated rings. The fraction of sp³-hybridized carbons (Fsp3) is 0.333. The van der Waals surface area contributed by atoms with Crippen molar-refractivity contribution in [3.63, 3.8) is 0 Å². The Balaban J connectivity index is 2.79. The topological polar surface area (TPSA) is 61.8 Å². The molecule has 1 atom stereocenters. The Bertz CT molecular complexity index is 413. The van der Waals surface area contributed by atoms with Gasteiger partial charge in [0.05, 0.1) is 19.8 Å². The van der Waals surface area contributed by atoms with Crippen LogP contribution in [0.5, 0.6) is 5.75 Å². The van der Waals surface area contributed by atoms with Crippen LogP contribution in [0, 0.1) is 0 Å². The van der Waals surface area contributed by atoms with Crippen LogP contribution in [0.2, 0.25) is 0 Å². The van der Waals surface area contributed by atoms with E-state index >= 15 is 0 Å². The van der Waals surface area contributed by atoms with Crippen molar-refractivity contribution in [3.05, 3.63) is 29.8 Å². The quantitative estimate of drug-likeness (QED) is 0.742. The highest BCUT2D eigenvalue weighted by atomic mass is 16.6. The monoisotopic (exact) mass is 238 g/mol. The van der Waals surface area contributed by atoms with Gasteiger partial charge in [0.25, 0.3) is 0 Å². The molecule has 0 saturated heterocycles. The van der Waals surface area contributed by atoms with Crippen LogP contribution in [-0.2, 0) is 14.3 Å². The lowest BCUT2D eigenvalue weighted by molar-refractivity contribution is -0.147. The van der Waals surface area contributed by atoms with Gasteiger partial charge >= 0.3 is 11.9 Å². The summed E-state index contributed by atoms with van der Waals surface area (Å²) in [7, 11) is 2.58. The molecule has 0 aliphatic rings. The number of hydrogen-bond acceptors (Lipinski definition) is 5. The SMILES string of the molecule is COC(=O)c1cccc(O[C@H](C)C(=O)OC)c1. The van der Waals surface area contributed by atoms with E-state index in [4.69, 9.17) is 4.74 Å². The fourth-order valence-electron chi connectivity index (χ4n) is 1.23. The molecule has 0 N–H and O–H groups in total. The number of methoxy groups -OCH3 is 2. The third kappa shape index (κ3) is 3.48. The van der Waals surface area contributed by atoms with Gasteiger partial charge in [-0.1, -0.05) is 6.07 Å². The highest BCUT2D eigenvalue weighted by Gasteiger charge is 2.15. The zero-order chi connectivity index (χ0) is 12.8. The Morgan fingerprint density at radius 1 is 1.18 bits per heavy atom. The minimum absolute atomic E-state index is 0.363. The molecule has 1 aromatic rings. The van der Waals surface area contributed by atoms with Gasteiger partial charge in [0.15, 0.2) is 6.10 Å². The second-order valence-electron chi connectivity index (χ2n) is 3.30. The lowest BCUT2D eigenvalue weighted by atomic mass is 10.2. The molecule has 17 heavy (non-hydrogen) atoms. The third-order valence-corrected chi connectivity index (χ3v) is 2.10. The first kappa shape index (κ1) is 13.0. The first-order valence-corrected chi connectivity index (χ1v) is 5.01. The van der Waals surface area contributed by atoms with Crippen molar-refractivity contribution < 1.29 is 23.8 Å². The molecule has 0 radical (unpaired) electrons. The summed E-state index contributed by atoms with van der Waals surface area (Å²) >= 11 is 0. The van der Waals surface area contributed by atoms with Gasteiger partial charge in [0.2, 0.25) is 0 Å². The predicted octanol–water partition coefficient (Wildman–Crippen LogP) is 1.41. The molecule has 5 nitrogen and oxygen atoms in total. The van der Waals surface area contributed by atoms with Gasteiger partial charge < -0.3 is 14.2 Å². The summed E-state index contributed by atoms with van der Waals surface area (Å²) in [5.41, 5.74) is 0.363. The van der Waals surface area contributed by atoms with Gasteiger partial charge in [0.1, 0.15) is 5.75 Å². The number of rotatable bonds is 4. The predicted molar refractivity (Wildman–Crippen MR) is 59.9 cm³/mol. The molecule has 0 unspecified atom stereocenters. The van der Waals surface area contributed by atoms with Gasteiger partial charge in [-0.3, -0.25) is 0 Å². The molecule has 0 aromatic heterocycles. The largest absolute Gasteiger partial charge is 0.479 e. The van der Waals surface area contributed by atoms with Gasteiger partial charge in [0, 0.05) is 0 Å². The van der Waals surface area contributed by atoms with Gasteiger partial charge in [-0.25, -0.2) is 9.59 Å². The molecular formula is C12H14O5. The van der Waals surface area contributed by atoms with Crippen molar-refractivity contribution in [2.45, 2.75) is 13.0 Å². The molecule has 0 amide bonds. The summed E-state index contributed by atoms with van der Waals surface area (Å²) in [5, 5.41) is 0. The lowest BCUT2D eigenvalue weighted by Gasteiger charge is -2.12. The van der Waals surface area contributed by atoms with Crippen molar-refractivity contribution in [1.29, 1.82) is 0 Å². The maximum atomic E-state index is 11.3. The average molecular weight is 238 g/mol. The van der Waals surface area contributed by atoms with Gasteiger partial charge in [-0.15, -0.1) is 0 Å². The second kappa shape index (κ2) is 5.89. The van der Waals surface area contributed by atoms with E-state index < -0.39 is 18.0 Å². The highest BCUT2D eigenvalue weighted by molar-refractivity contribution is 5.89. The number of ether oxygens (including phenoxy) is 3. The van der Waals surface area contributed by atoms with Crippen LogP contribution in [0.15, 0.2) is 24.3 Å². The molecule has 1 aromatic carbocycles. The number of carbonyl (C=O) groups is 2. The van der Waals surface area contributed by atoms with E-state index in [9.17, 15) is 9.59 Å². The smallest absolute Gasteiger partial charge is 0.346 e. The van der Waals surface area contributed by atoms with Crippen molar-refractivity contribution >= 4 is 11.9 Å². The summed E-state index contributed by atoms with van der Waals surface area (Å²) in [6.45, 7) is 1.57. The Labute approximate surface area is 99.3 Å². The number of carbonyl (C=O) groups excluding carboxylic acids is 2. The number of benzene rings is 1. The molecule has 0 heterocycles. The van der Waals surface area contributed by atoms with Crippen LogP contribution in [0.25, 0.3) is 0 Å². The zero-order valence-corrected chi connectivity index (χ0v) is 9.93. The summed E-state index contributed by atoms with van der Waals surface area (Å²) in [4.78, 5) is 22.4. The van der Waals surface area contributed by atoms with Crippen molar-refractivity contribution in [1.82, 2.24) is 0 Å². The lowest BCUT2D eigenvalue weighted by Crippen LogP contribution is -2.24. The standard InChI is InChI=1S/C12H14O5/c1-8(11(13)15-2)17-10-6-4-5-9(7-10)12(14)16-3/h4-8H,1-3H3/t8-/m1/s1. The van der Waals surface area contributed by atoms with E-state index in [-0.39, 0.29) is 0 Å². The molecule has 0 bridgehead atoms. The fourth-order valence-corrected chi connectivity index (χ4v) is 1.23. The van der Waals surface area contributed by atoms with Crippen LogP contribution >= 0.6 is 0 Å². The summed E-state index contributed by atoms with van der Waals surface area (Å²) in [6.07, 6.45) is -0.729. The van der Waals surface area contributed by atoms with E-state index in [2.05, 4.69) is 9.47 Å². The second-order valence-corrected chi connectivity index (χ2v) is 3.30. The molecule has 0 aliphatic carbocycles. The maximum Gasteiger partial charge on any atom is 0.346 e. The molecule has 92 valence electrons. The molecule has 0 saturated carbocycles. The molecule has 5 heteroatoms. The van der Waals surface area contributed by atoms with Crippen LogP contribution in [0.1, 0.15) is 17.3 Å².